The number of sulfone groups is 1. The van der Waals surface area contributed by atoms with Crippen molar-refractivity contribution in [2.45, 2.75) is 32.2 Å². The summed E-state index contributed by atoms with van der Waals surface area (Å²) in [6.45, 7) is 1.45. The van der Waals surface area contributed by atoms with Gasteiger partial charge in [0.05, 0.1) is 5.75 Å². The van der Waals surface area contributed by atoms with E-state index in [4.69, 9.17) is 5.11 Å². The van der Waals surface area contributed by atoms with Gasteiger partial charge < -0.3 is 10.4 Å². The molecule has 0 aliphatic heterocycles. The van der Waals surface area contributed by atoms with Crippen LogP contribution in [-0.4, -0.2) is 48.7 Å². The second-order valence-corrected chi connectivity index (χ2v) is 7.89. The van der Waals surface area contributed by atoms with Crippen molar-refractivity contribution in [1.82, 2.24) is 5.32 Å². The van der Waals surface area contributed by atoms with Crippen LogP contribution >= 0.6 is 0 Å². The maximum Gasteiger partial charge on any atom is 0.326 e. The van der Waals surface area contributed by atoms with Crippen LogP contribution < -0.4 is 5.32 Å². The van der Waals surface area contributed by atoms with Gasteiger partial charge in [-0.2, -0.15) is 0 Å². The molecule has 0 fully saturated rings. The topological polar surface area (TPSA) is 118 Å². The van der Waals surface area contributed by atoms with Crippen molar-refractivity contribution in [3.63, 3.8) is 0 Å². The molecule has 7 nitrogen and oxygen atoms in total. The summed E-state index contributed by atoms with van der Waals surface area (Å²) in [6.07, 6.45) is -0.666. The Morgan fingerprint density at radius 1 is 1.16 bits per heavy atom. The Hall–Kier alpha value is -2.29. The number of ketones is 1. The molecule has 0 saturated carbocycles. The maximum atomic E-state index is 12.8. The zero-order chi connectivity index (χ0) is 19.0. The highest BCUT2D eigenvalue weighted by molar-refractivity contribution is 7.91. The van der Waals surface area contributed by atoms with Crippen molar-refractivity contribution in [3.05, 3.63) is 35.6 Å². The van der Waals surface area contributed by atoms with E-state index in [0.29, 0.717) is 0 Å². The maximum absolute atomic E-state index is 12.8. The molecule has 1 aromatic rings. The molecule has 0 aliphatic carbocycles. The normalized spacial score (nSPS) is 12.4. The lowest BCUT2D eigenvalue weighted by Gasteiger charge is -2.14. The van der Waals surface area contributed by atoms with Gasteiger partial charge in [0.1, 0.15) is 21.7 Å². The average Bonchev–Trinajstić information content (AvgIpc) is 2.56. The zero-order valence-corrected chi connectivity index (χ0v) is 14.5. The van der Waals surface area contributed by atoms with Crippen LogP contribution in [0.1, 0.15) is 36.5 Å². The highest BCUT2D eigenvalue weighted by atomic mass is 32.2. The number of carbonyl (C=O) groups is 3. The van der Waals surface area contributed by atoms with Gasteiger partial charge in [0.15, 0.2) is 5.78 Å². The molecule has 1 atom stereocenters. The van der Waals surface area contributed by atoms with E-state index in [2.05, 4.69) is 5.32 Å². The molecule has 2 N–H and O–H groups in total. The van der Waals surface area contributed by atoms with Gasteiger partial charge in [-0.1, -0.05) is 6.92 Å². The smallest absolute Gasteiger partial charge is 0.326 e. The first-order valence-electron chi connectivity index (χ1n) is 7.66. The molecule has 9 heteroatoms. The number of rotatable bonds is 10. The molecule has 0 aromatic heterocycles. The fourth-order valence-corrected chi connectivity index (χ4v) is 2.86. The van der Waals surface area contributed by atoms with Crippen molar-refractivity contribution in [2.24, 2.45) is 0 Å². The van der Waals surface area contributed by atoms with E-state index in [1.165, 1.54) is 19.1 Å². The molecule has 0 bridgehead atoms. The molecular weight excluding hydrogens is 353 g/mol. The third kappa shape index (κ3) is 7.42. The fraction of sp³-hybridized carbons (Fsp3) is 0.438. The number of carboxylic acids is 1. The second kappa shape index (κ2) is 9.26. The van der Waals surface area contributed by atoms with Crippen molar-refractivity contribution < 1.29 is 32.3 Å². The lowest BCUT2D eigenvalue weighted by molar-refractivity contribution is -0.141. The molecule has 0 radical (unpaired) electrons. The summed E-state index contributed by atoms with van der Waals surface area (Å²) in [5.74, 6) is -3.34. The van der Waals surface area contributed by atoms with Crippen LogP contribution in [0.15, 0.2) is 24.3 Å². The predicted octanol–water partition coefficient (Wildman–Crippen LogP) is 1.18. The van der Waals surface area contributed by atoms with E-state index in [1.54, 1.807) is 0 Å². The monoisotopic (exact) mass is 373 g/mol. The predicted molar refractivity (Wildman–Crippen MR) is 88.5 cm³/mol. The highest BCUT2D eigenvalue weighted by Gasteiger charge is 2.22. The van der Waals surface area contributed by atoms with Crippen molar-refractivity contribution >= 4 is 27.5 Å². The number of halogens is 1. The number of carboxylic acid groups (broad SMARTS) is 1. The SMILES string of the molecule is CCS(=O)(=O)CCC(NC(=O)CCC(=O)c1ccc(F)cc1)C(=O)O. The lowest BCUT2D eigenvalue weighted by atomic mass is 10.1. The lowest BCUT2D eigenvalue weighted by Crippen LogP contribution is -2.42. The zero-order valence-electron chi connectivity index (χ0n) is 13.7. The van der Waals surface area contributed by atoms with Gasteiger partial charge >= 0.3 is 5.97 Å². The van der Waals surface area contributed by atoms with E-state index >= 15 is 0 Å². The Morgan fingerprint density at radius 2 is 1.76 bits per heavy atom. The Kier molecular flexibility index (Phi) is 7.69. The van der Waals surface area contributed by atoms with Gasteiger partial charge in [-0.25, -0.2) is 17.6 Å². The van der Waals surface area contributed by atoms with Gasteiger partial charge in [0, 0.05) is 24.2 Å². The van der Waals surface area contributed by atoms with E-state index in [0.717, 1.165) is 12.1 Å². The molecular formula is C16H20FNO6S. The molecule has 1 unspecified atom stereocenters. The molecule has 1 rings (SSSR count). The molecule has 0 heterocycles. The van der Waals surface area contributed by atoms with Crippen molar-refractivity contribution in [1.29, 1.82) is 0 Å². The van der Waals surface area contributed by atoms with Crippen LogP contribution in [0.25, 0.3) is 0 Å². The summed E-state index contributed by atoms with van der Waals surface area (Å²) in [6, 6.07) is 3.51. The number of benzene rings is 1. The summed E-state index contributed by atoms with van der Waals surface area (Å²) in [5.41, 5.74) is 0.248. The summed E-state index contributed by atoms with van der Waals surface area (Å²) in [4.78, 5) is 34.8. The van der Waals surface area contributed by atoms with Gasteiger partial charge in [0.2, 0.25) is 5.91 Å². The molecule has 1 aromatic carbocycles. The Morgan fingerprint density at radius 3 is 2.28 bits per heavy atom. The summed E-state index contributed by atoms with van der Waals surface area (Å²) in [7, 11) is -3.35. The quantitative estimate of drug-likeness (QED) is 0.595. The number of carbonyl (C=O) groups excluding carboxylic acids is 2. The highest BCUT2D eigenvalue weighted by Crippen LogP contribution is 2.08. The molecule has 0 aliphatic rings. The van der Waals surface area contributed by atoms with Gasteiger partial charge in [-0.15, -0.1) is 0 Å². The van der Waals surface area contributed by atoms with Crippen LogP contribution in [0.5, 0.6) is 0 Å². The van der Waals surface area contributed by atoms with E-state index in [9.17, 15) is 27.2 Å². The minimum absolute atomic E-state index is 0.112. The van der Waals surface area contributed by atoms with Crippen LogP contribution in [0.4, 0.5) is 4.39 Å². The standard InChI is InChI=1S/C16H20FNO6S/c1-2-25(23,24)10-9-13(16(21)22)18-15(20)8-7-14(19)11-3-5-12(17)6-4-11/h3-6,13H,2,7-10H2,1H3,(H,18,20)(H,21,22). The molecule has 138 valence electrons. The molecule has 1 amide bonds. The minimum atomic E-state index is -3.35. The first kappa shape index (κ1) is 20.8. The summed E-state index contributed by atoms with van der Waals surface area (Å²) < 4.78 is 35.7. The Balaban J connectivity index is 2.53. The van der Waals surface area contributed by atoms with Crippen LogP contribution in [-0.2, 0) is 19.4 Å². The van der Waals surface area contributed by atoms with Gasteiger partial charge in [-0.3, -0.25) is 9.59 Å². The first-order valence-corrected chi connectivity index (χ1v) is 9.48. The minimum Gasteiger partial charge on any atom is -0.480 e. The number of nitrogens with one attached hydrogen (secondary N) is 1. The third-order valence-electron chi connectivity index (χ3n) is 3.54. The average molecular weight is 373 g/mol. The van der Waals surface area contributed by atoms with Crippen molar-refractivity contribution in [2.75, 3.05) is 11.5 Å². The summed E-state index contributed by atoms with van der Waals surface area (Å²) >= 11 is 0. The van der Waals surface area contributed by atoms with E-state index in [-0.39, 0.29) is 42.1 Å². The van der Waals surface area contributed by atoms with Crippen LogP contribution in [0.3, 0.4) is 0 Å². The van der Waals surface area contributed by atoms with E-state index in [1.807, 2.05) is 0 Å². The number of amides is 1. The fourth-order valence-electron chi connectivity index (χ4n) is 1.97. The number of hydrogen-bond acceptors (Lipinski definition) is 5. The van der Waals surface area contributed by atoms with E-state index < -0.39 is 33.6 Å². The number of Topliss-reactive ketones (excluding diaryl/α,β-unsaturated/α-hetero) is 1. The van der Waals surface area contributed by atoms with Gasteiger partial charge in [-0.05, 0) is 30.7 Å². The molecule has 25 heavy (non-hydrogen) atoms. The third-order valence-corrected chi connectivity index (χ3v) is 5.27. The largest absolute Gasteiger partial charge is 0.480 e. The van der Waals surface area contributed by atoms with Crippen LogP contribution in [0, 0.1) is 5.82 Å². The summed E-state index contributed by atoms with van der Waals surface area (Å²) in [5, 5.41) is 11.3. The second-order valence-electron chi connectivity index (χ2n) is 5.41. The Labute approximate surface area is 145 Å². The Bertz CT molecular complexity index is 729. The molecule has 0 saturated heterocycles. The molecule has 0 spiro atoms. The van der Waals surface area contributed by atoms with Gasteiger partial charge in [0.25, 0.3) is 0 Å². The van der Waals surface area contributed by atoms with Crippen molar-refractivity contribution in [3.8, 4) is 0 Å². The number of hydrogen-bond donors (Lipinski definition) is 2. The first-order chi connectivity index (χ1) is 11.6. The number of aliphatic carboxylic acids is 1. The van der Waals surface area contributed by atoms with Crippen LogP contribution in [0.2, 0.25) is 0 Å².